The van der Waals surface area contributed by atoms with E-state index in [-0.39, 0.29) is 30.3 Å². The van der Waals surface area contributed by atoms with Crippen LogP contribution >= 0.6 is 22.7 Å². The molecule has 6 nitrogen and oxygen atoms in total. The van der Waals surface area contributed by atoms with Crippen molar-refractivity contribution in [3.63, 3.8) is 0 Å². The summed E-state index contributed by atoms with van der Waals surface area (Å²) in [7, 11) is 0. The number of nitrogens with zero attached hydrogens (tertiary/aromatic N) is 1. The number of hydrogen-bond donors (Lipinski definition) is 2. The maximum atomic E-state index is 13.6. The molecule has 0 aliphatic heterocycles. The zero-order valence-electron chi connectivity index (χ0n) is 18.9. The zero-order chi connectivity index (χ0) is 23.8. The van der Waals surface area contributed by atoms with Gasteiger partial charge in [0.05, 0.1) is 18.0 Å². The minimum absolute atomic E-state index is 0.129. The molecule has 1 aliphatic rings. The molecule has 3 aromatic rings. The molecular weight excluding hydrogens is 466 g/mol. The molecule has 2 heterocycles. The highest BCUT2D eigenvalue weighted by Crippen LogP contribution is 2.26. The largest absolute Gasteiger partial charge is 0.351 e. The van der Waals surface area contributed by atoms with Gasteiger partial charge >= 0.3 is 0 Å². The van der Waals surface area contributed by atoms with Crippen LogP contribution in [0.3, 0.4) is 0 Å². The third-order valence-corrected chi connectivity index (χ3v) is 7.73. The molecule has 8 heteroatoms. The van der Waals surface area contributed by atoms with Gasteiger partial charge in [0.1, 0.15) is 6.04 Å². The Labute approximate surface area is 208 Å². The molecule has 0 spiro atoms. The molecule has 0 bridgehead atoms. The molecule has 178 valence electrons. The number of rotatable bonds is 9. The minimum Gasteiger partial charge on any atom is -0.351 e. The Morgan fingerprint density at radius 1 is 0.912 bits per heavy atom. The second-order valence-corrected chi connectivity index (χ2v) is 10.4. The number of nitrogens with one attached hydrogen (secondary N) is 2. The Morgan fingerprint density at radius 2 is 1.65 bits per heavy atom. The fourth-order valence-electron chi connectivity index (χ4n) is 4.28. The van der Waals surface area contributed by atoms with Crippen LogP contribution in [0.25, 0.3) is 0 Å². The molecule has 1 saturated carbocycles. The van der Waals surface area contributed by atoms with E-state index in [4.69, 9.17) is 0 Å². The van der Waals surface area contributed by atoms with Gasteiger partial charge in [-0.15, -0.1) is 22.7 Å². The van der Waals surface area contributed by atoms with Crippen LogP contribution in [0.15, 0.2) is 65.4 Å². The van der Waals surface area contributed by atoms with Crippen LogP contribution in [0.2, 0.25) is 0 Å². The molecule has 2 N–H and O–H groups in total. The number of carbonyl (C=O) groups excluding carboxylic acids is 3. The molecule has 0 saturated heterocycles. The van der Waals surface area contributed by atoms with Crippen molar-refractivity contribution in [1.29, 1.82) is 0 Å². The normalized spacial score (nSPS) is 14.8. The molecule has 1 fully saturated rings. The fraction of sp³-hybridized carbons (Fsp3) is 0.346. The first-order valence-electron chi connectivity index (χ1n) is 11.6. The van der Waals surface area contributed by atoms with Gasteiger partial charge in [0.25, 0.3) is 5.91 Å². The van der Waals surface area contributed by atoms with E-state index in [2.05, 4.69) is 10.6 Å². The molecule has 1 aromatic carbocycles. The summed E-state index contributed by atoms with van der Waals surface area (Å²) in [5, 5.41) is 9.70. The van der Waals surface area contributed by atoms with Gasteiger partial charge in [0, 0.05) is 10.9 Å². The lowest BCUT2D eigenvalue weighted by molar-refractivity contribution is -0.141. The highest BCUT2D eigenvalue weighted by molar-refractivity contribution is 7.12. The van der Waals surface area contributed by atoms with E-state index >= 15 is 0 Å². The Kier molecular flexibility index (Phi) is 8.49. The van der Waals surface area contributed by atoms with Crippen molar-refractivity contribution >= 4 is 40.4 Å². The number of benzene rings is 1. The first-order valence-corrected chi connectivity index (χ1v) is 13.4. The van der Waals surface area contributed by atoms with Gasteiger partial charge in [-0.3, -0.25) is 14.4 Å². The number of carbonyl (C=O) groups is 3. The van der Waals surface area contributed by atoms with Crippen molar-refractivity contribution in [3.8, 4) is 0 Å². The molecule has 1 aliphatic carbocycles. The van der Waals surface area contributed by atoms with Gasteiger partial charge in [-0.05, 0) is 41.3 Å². The van der Waals surface area contributed by atoms with Gasteiger partial charge in [-0.25, -0.2) is 0 Å². The highest BCUT2D eigenvalue weighted by atomic mass is 32.1. The smallest absolute Gasteiger partial charge is 0.261 e. The van der Waals surface area contributed by atoms with E-state index in [1.54, 1.807) is 17.0 Å². The van der Waals surface area contributed by atoms with Gasteiger partial charge < -0.3 is 15.5 Å². The van der Waals surface area contributed by atoms with E-state index in [0.717, 1.165) is 36.1 Å². The molecule has 4 rings (SSSR count). The lowest BCUT2D eigenvalue weighted by atomic mass is 9.94. The maximum absolute atomic E-state index is 13.6. The highest BCUT2D eigenvalue weighted by Gasteiger charge is 2.33. The number of thiophene rings is 2. The van der Waals surface area contributed by atoms with Gasteiger partial charge in [-0.2, -0.15) is 0 Å². The molecule has 1 unspecified atom stereocenters. The van der Waals surface area contributed by atoms with Crippen molar-refractivity contribution in [2.24, 2.45) is 0 Å². The average Bonchev–Trinajstić information content (AvgIpc) is 3.58. The average molecular weight is 496 g/mol. The van der Waals surface area contributed by atoms with E-state index in [1.807, 2.05) is 53.2 Å². The zero-order valence-corrected chi connectivity index (χ0v) is 20.6. The minimum atomic E-state index is -0.781. The third kappa shape index (κ3) is 6.33. The topological polar surface area (TPSA) is 78.5 Å². The summed E-state index contributed by atoms with van der Waals surface area (Å²) in [6, 6.07) is 16.2. The second-order valence-electron chi connectivity index (χ2n) is 8.42. The van der Waals surface area contributed by atoms with Gasteiger partial charge in [0.15, 0.2) is 0 Å². The Bertz CT molecular complexity index is 1060. The monoisotopic (exact) mass is 495 g/mol. The van der Waals surface area contributed by atoms with E-state index in [1.165, 1.54) is 29.1 Å². The molecule has 0 radical (unpaired) electrons. The van der Waals surface area contributed by atoms with E-state index in [0.29, 0.717) is 11.4 Å². The lowest BCUT2D eigenvalue weighted by Gasteiger charge is -2.33. The second kappa shape index (κ2) is 11.9. The quantitative estimate of drug-likeness (QED) is 0.449. The first-order chi connectivity index (χ1) is 16.6. The molecular formula is C26H29N3O3S2. The molecule has 1 atom stereocenters. The number of hydrogen-bond acceptors (Lipinski definition) is 5. The van der Waals surface area contributed by atoms with Crippen molar-refractivity contribution in [2.45, 2.75) is 50.7 Å². The Hall–Kier alpha value is -2.97. The Balaban J connectivity index is 1.58. The standard InChI is InChI=1S/C26H29N3O3S2/c30-23(17-27-25(31)22-14-8-16-34-22)29(18-21-13-7-15-33-21)24(19-9-3-1-4-10-19)26(32)28-20-11-5-2-6-12-20/h1,3-4,7-10,13-16,20,24H,2,5-6,11-12,17-18H2,(H,27,31)(H,28,32). The molecule has 2 aromatic heterocycles. The molecule has 3 amide bonds. The number of amides is 3. The van der Waals surface area contributed by atoms with Crippen LogP contribution in [0.4, 0.5) is 0 Å². The van der Waals surface area contributed by atoms with Crippen LogP contribution < -0.4 is 10.6 Å². The van der Waals surface area contributed by atoms with Gasteiger partial charge in [-0.1, -0.05) is 61.7 Å². The maximum Gasteiger partial charge on any atom is 0.261 e. The van der Waals surface area contributed by atoms with E-state index < -0.39 is 6.04 Å². The summed E-state index contributed by atoms with van der Waals surface area (Å²) in [5.74, 6) is -0.763. The van der Waals surface area contributed by atoms with Crippen molar-refractivity contribution < 1.29 is 14.4 Å². The summed E-state index contributed by atoms with van der Waals surface area (Å²) in [6.07, 6.45) is 5.33. The van der Waals surface area contributed by atoms with Crippen LogP contribution in [-0.4, -0.2) is 35.2 Å². The van der Waals surface area contributed by atoms with Crippen LogP contribution in [-0.2, 0) is 16.1 Å². The van der Waals surface area contributed by atoms with Gasteiger partial charge in [0.2, 0.25) is 11.8 Å². The van der Waals surface area contributed by atoms with Crippen molar-refractivity contribution in [2.75, 3.05) is 6.54 Å². The third-order valence-electron chi connectivity index (χ3n) is 6.00. The summed E-state index contributed by atoms with van der Waals surface area (Å²) in [4.78, 5) is 42.7. The fourth-order valence-corrected chi connectivity index (χ4v) is 5.62. The van der Waals surface area contributed by atoms with E-state index in [9.17, 15) is 14.4 Å². The van der Waals surface area contributed by atoms with Crippen molar-refractivity contribution in [3.05, 3.63) is 80.7 Å². The predicted molar refractivity (Wildman–Crippen MR) is 136 cm³/mol. The first kappa shape index (κ1) is 24.2. The molecule has 34 heavy (non-hydrogen) atoms. The summed E-state index contributed by atoms with van der Waals surface area (Å²) < 4.78 is 0. The van der Waals surface area contributed by atoms with Crippen molar-refractivity contribution in [1.82, 2.24) is 15.5 Å². The summed E-state index contributed by atoms with van der Waals surface area (Å²) in [6.45, 7) is 0.116. The summed E-state index contributed by atoms with van der Waals surface area (Å²) in [5.41, 5.74) is 0.755. The summed E-state index contributed by atoms with van der Waals surface area (Å²) >= 11 is 2.86. The lowest BCUT2D eigenvalue weighted by Crippen LogP contribution is -2.49. The SMILES string of the molecule is O=C(NCC(=O)N(Cc1cccs1)C(C(=O)NC1CCCCC1)c1ccccc1)c1cccs1. The predicted octanol–water partition coefficient (Wildman–Crippen LogP) is 4.76. The van der Waals surface area contributed by atoms with Crippen LogP contribution in [0, 0.1) is 0 Å². The van der Waals surface area contributed by atoms with Crippen LogP contribution in [0.5, 0.6) is 0 Å². The van der Waals surface area contributed by atoms with Crippen LogP contribution in [0.1, 0.15) is 58.3 Å². The Morgan fingerprint density at radius 3 is 2.32 bits per heavy atom.